The molecule has 1 aromatic heterocycles. The second-order valence-corrected chi connectivity index (χ2v) is 8.22. The monoisotopic (exact) mass is 380 g/mol. The Bertz CT molecular complexity index is 940. The Kier molecular flexibility index (Phi) is 5.81. The lowest BCUT2D eigenvalue weighted by Crippen LogP contribution is -2.48. The lowest BCUT2D eigenvalue weighted by Gasteiger charge is -2.33. The van der Waals surface area contributed by atoms with Crippen LogP contribution in [0.2, 0.25) is 5.02 Å². The number of hydrogen-bond donors (Lipinski definition) is 1. The molecule has 3 rings (SSSR count). The molecular formula is C23H25ClN2O. The van der Waals surface area contributed by atoms with E-state index in [1.165, 1.54) is 5.56 Å². The molecule has 0 aliphatic heterocycles. The summed E-state index contributed by atoms with van der Waals surface area (Å²) in [4.78, 5) is 17.4. The minimum Gasteiger partial charge on any atom is -0.346 e. The first kappa shape index (κ1) is 19.4. The number of halogens is 1. The first-order chi connectivity index (χ1) is 12.9. The summed E-state index contributed by atoms with van der Waals surface area (Å²) >= 11 is 6.18. The zero-order chi connectivity index (χ0) is 19.4. The van der Waals surface area contributed by atoms with E-state index in [0.717, 1.165) is 18.2 Å². The molecule has 0 saturated heterocycles. The number of carbonyl (C=O) groups is 1. The fourth-order valence-electron chi connectivity index (χ4n) is 3.71. The van der Waals surface area contributed by atoms with E-state index in [9.17, 15) is 4.79 Å². The van der Waals surface area contributed by atoms with Gasteiger partial charge in [0.15, 0.2) is 0 Å². The number of nitrogens with one attached hydrogen (secondary N) is 1. The van der Waals surface area contributed by atoms with Gasteiger partial charge in [0.2, 0.25) is 0 Å². The summed E-state index contributed by atoms with van der Waals surface area (Å²) in [5.41, 5.74) is 2.14. The van der Waals surface area contributed by atoms with Crippen LogP contribution in [0, 0.1) is 5.92 Å². The molecule has 0 spiro atoms. The quantitative estimate of drug-likeness (QED) is 0.599. The molecule has 3 nitrogen and oxygen atoms in total. The van der Waals surface area contributed by atoms with E-state index in [1.54, 1.807) is 12.3 Å². The molecule has 4 heteroatoms. The van der Waals surface area contributed by atoms with Gasteiger partial charge in [-0.05, 0) is 43.4 Å². The Morgan fingerprint density at radius 3 is 2.59 bits per heavy atom. The minimum atomic E-state index is -0.337. The van der Waals surface area contributed by atoms with Gasteiger partial charge in [0.1, 0.15) is 0 Å². The zero-order valence-corrected chi connectivity index (χ0v) is 16.8. The van der Waals surface area contributed by atoms with Crippen molar-refractivity contribution in [2.24, 2.45) is 5.92 Å². The molecule has 1 N–H and O–H groups in total. The Hall–Kier alpha value is -2.39. The summed E-state index contributed by atoms with van der Waals surface area (Å²) in [6.45, 7) is 6.47. The molecule has 3 aromatic rings. The third-order valence-electron chi connectivity index (χ3n) is 4.64. The van der Waals surface area contributed by atoms with Crippen LogP contribution < -0.4 is 5.32 Å². The number of carbonyl (C=O) groups excluding carboxylic acids is 1. The van der Waals surface area contributed by atoms with Gasteiger partial charge in [-0.25, -0.2) is 0 Å². The molecule has 0 bridgehead atoms. The first-order valence-corrected chi connectivity index (χ1v) is 9.65. The van der Waals surface area contributed by atoms with Crippen LogP contribution in [0.4, 0.5) is 0 Å². The predicted octanol–water partition coefficient (Wildman–Crippen LogP) is 5.67. The van der Waals surface area contributed by atoms with Gasteiger partial charge in [-0.1, -0.05) is 67.9 Å². The zero-order valence-electron chi connectivity index (χ0n) is 16.0. The van der Waals surface area contributed by atoms with E-state index >= 15 is 0 Å². The van der Waals surface area contributed by atoms with E-state index in [-0.39, 0.29) is 11.4 Å². The van der Waals surface area contributed by atoms with Gasteiger partial charge in [0.05, 0.1) is 16.1 Å². The Labute approximate surface area is 165 Å². The van der Waals surface area contributed by atoms with Crippen molar-refractivity contribution in [3.8, 4) is 0 Å². The molecular weight excluding hydrogens is 356 g/mol. The van der Waals surface area contributed by atoms with Crippen LogP contribution in [0.5, 0.6) is 0 Å². The van der Waals surface area contributed by atoms with Crippen LogP contribution in [0.1, 0.15) is 43.1 Å². The van der Waals surface area contributed by atoms with Crippen LogP contribution in [-0.2, 0) is 6.42 Å². The highest BCUT2D eigenvalue weighted by Crippen LogP contribution is 2.24. The van der Waals surface area contributed by atoms with Crippen molar-refractivity contribution in [1.29, 1.82) is 0 Å². The first-order valence-electron chi connectivity index (χ1n) is 9.27. The average molecular weight is 381 g/mol. The number of pyridine rings is 1. The maximum Gasteiger partial charge on any atom is 0.253 e. The summed E-state index contributed by atoms with van der Waals surface area (Å²) in [6, 6.07) is 17.7. The fraction of sp³-hybridized carbons (Fsp3) is 0.304. The standard InChI is InChI=1S/C23H25ClN2O/c1-16(2)13-23(3,14-17-8-5-4-6-9-17)26-22(27)19-12-18-10-7-11-20(24)21(18)25-15-19/h4-12,15-16H,13-14H2,1-3H3,(H,26,27). The topological polar surface area (TPSA) is 42.0 Å². The summed E-state index contributed by atoms with van der Waals surface area (Å²) < 4.78 is 0. The Morgan fingerprint density at radius 2 is 1.89 bits per heavy atom. The van der Waals surface area contributed by atoms with Crippen molar-refractivity contribution < 1.29 is 4.79 Å². The Morgan fingerprint density at radius 1 is 1.15 bits per heavy atom. The lowest BCUT2D eigenvalue weighted by atomic mass is 9.84. The van der Waals surface area contributed by atoms with Gasteiger partial charge >= 0.3 is 0 Å². The lowest BCUT2D eigenvalue weighted by molar-refractivity contribution is 0.0894. The van der Waals surface area contributed by atoms with Gasteiger partial charge < -0.3 is 5.32 Å². The molecule has 1 heterocycles. The Balaban J connectivity index is 1.85. The molecule has 140 valence electrons. The van der Waals surface area contributed by atoms with Crippen LogP contribution in [0.25, 0.3) is 10.9 Å². The van der Waals surface area contributed by atoms with Crippen molar-refractivity contribution in [2.45, 2.75) is 39.2 Å². The summed E-state index contributed by atoms with van der Waals surface area (Å²) in [7, 11) is 0. The largest absolute Gasteiger partial charge is 0.346 e. The van der Waals surface area contributed by atoms with Crippen molar-refractivity contribution in [3.63, 3.8) is 0 Å². The summed E-state index contributed by atoms with van der Waals surface area (Å²) in [6.07, 6.45) is 3.27. The minimum absolute atomic E-state index is 0.108. The molecule has 0 radical (unpaired) electrons. The molecule has 1 atom stereocenters. The number of amides is 1. The highest BCUT2D eigenvalue weighted by Gasteiger charge is 2.28. The molecule has 0 fully saturated rings. The molecule has 1 unspecified atom stereocenters. The van der Waals surface area contributed by atoms with E-state index in [1.807, 2.05) is 36.4 Å². The summed E-state index contributed by atoms with van der Waals surface area (Å²) in [5, 5.41) is 4.71. The van der Waals surface area contributed by atoms with Crippen molar-refractivity contribution >= 4 is 28.4 Å². The van der Waals surface area contributed by atoms with Crippen LogP contribution >= 0.6 is 11.6 Å². The second-order valence-electron chi connectivity index (χ2n) is 7.81. The van der Waals surface area contributed by atoms with Crippen LogP contribution in [-0.4, -0.2) is 16.4 Å². The van der Waals surface area contributed by atoms with Crippen molar-refractivity contribution in [1.82, 2.24) is 10.3 Å². The molecule has 0 aliphatic rings. The van der Waals surface area contributed by atoms with Gasteiger partial charge in [0.25, 0.3) is 5.91 Å². The molecule has 27 heavy (non-hydrogen) atoms. The number of fused-ring (bicyclic) bond motifs is 1. The molecule has 0 saturated carbocycles. The summed E-state index contributed by atoms with van der Waals surface area (Å²) in [5.74, 6) is 0.357. The molecule has 0 aliphatic carbocycles. The number of hydrogen-bond acceptors (Lipinski definition) is 2. The maximum absolute atomic E-state index is 13.0. The maximum atomic E-state index is 13.0. The highest BCUT2D eigenvalue weighted by atomic mass is 35.5. The van der Waals surface area contributed by atoms with E-state index in [2.05, 4.69) is 43.2 Å². The van der Waals surface area contributed by atoms with Crippen LogP contribution in [0.3, 0.4) is 0 Å². The SMILES string of the molecule is CC(C)CC(C)(Cc1ccccc1)NC(=O)c1cnc2c(Cl)cccc2c1. The average Bonchev–Trinajstić information content (AvgIpc) is 2.61. The smallest absolute Gasteiger partial charge is 0.253 e. The number of rotatable bonds is 6. The van der Waals surface area contributed by atoms with E-state index < -0.39 is 0 Å². The van der Waals surface area contributed by atoms with E-state index in [4.69, 9.17) is 11.6 Å². The number of aromatic nitrogens is 1. The van der Waals surface area contributed by atoms with Gasteiger partial charge in [0, 0.05) is 17.1 Å². The third kappa shape index (κ3) is 4.86. The van der Waals surface area contributed by atoms with Gasteiger partial charge in [-0.2, -0.15) is 0 Å². The van der Waals surface area contributed by atoms with Gasteiger partial charge in [-0.3, -0.25) is 9.78 Å². The number of para-hydroxylation sites is 1. The second kappa shape index (κ2) is 8.10. The molecule has 2 aromatic carbocycles. The third-order valence-corrected chi connectivity index (χ3v) is 4.94. The van der Waals surface area contributed by atoms with Crippen molar-refractivity contribution in [3.05, 3.63) is 76.9 Å². The van der Waals surface area contributed by atoms with Crippen LogP contribution in [0.15, 0.2) is 60.8 Å². The van der Waals surface area contributed by atoms with Crippen molar-refractivity contribution in [2.75, 3.05) is 0 Å². The number of nitrogens with zero attached hydrogens (tertiary/aromatic N) is 1. The highest BCUT2D eigenvalue weighted by molar-refractivity contribution is 6.35. The number of benzene rings is 2. The molecule has 1 amide bonds. The normalized spacial score (nSPS) is 13.5. The fourth-order valence-corrected chi connectivity index (χ4v) is 3.94. The van der Waals surface area contributed by atoms with Gasteiger partial charge in [-0.15, -0.1) is 0 Å². The van der Waals surface area contributed by atoms with E-state index in [0.29, 0.717) is 22.0 Å². The predicted molar refractivity (Wildman–Crippen MR) is 112 cm³/mol.